The highest BCUT2D eigenvalue weighted by Crippen LogP contribution is 2.41. The standard InChI is InChI=1S/C21H24N4OS/c26-13-14-5-4-10-25(12-14)20-18-16-7-1-2-8-17(16)27-21(18)24-19(23-20)15-6-3-9-22-11-15/h3,6,9,11,14,26H,1-2,4-5,7-8,10,12-13H2/t14-/m1/s1. The van der Waals surface area contributed by atoms with E-state index in [0.29, 0.717) is 5.92 Å². The monoisotopic (exact) mass is 380 g/mol. The molecule has 6 heteroatoms. The van der Waals surface area contributed by atoms with Crippen LogP contribution in [-0.4, -0.2) is 39.8 Å². The van der Waals surface area contributed by atoms with Gasteiger partial charge in [0, 0.05) is 42.5 Å². The zero-order valence-electron chi connectivity index (χ0n) is 15.4. The predicted molar refractivity (Wildman–Crippen MR) is 109 cm³/mol. The first-order valence-corrected chi connectivity index (χ1v) is 10.7. The largest absolute Gasteiger partial charge is 0.396 e. The van der Waals surface area contributed by atoms with E-state index in [1.54, 1.807) is 6.20 Å². The van der Waals surface area contributed by atoms with Crippen LogP contribution in [0.25, 0.3) is 21.6 Å². The summed E-state index contributed by atoms with van der Waals surface area (Å²) in [5.41, 5.74) is 2.43. The van der Waals surface area contributed by atoms with Crippen molar-refractivity contribution in [3.8, 4) is 11.4 Å². The summed E-state index contributed by atoms with van der Waals surface area (Å²) in [6.45, 7) is 2.13. The summed E-state index contributed by atoms with van der Waals surface area (Å²) in [7, 11) is 0. The molecular weight excluding hydrogens is 356 g/mol. The molecule has 140 valence electrons. The minimum absolute atomic E-state index is 0.252. The number of aromatic nitrogens is 3. The topological polar surface area (TPSA) is 62.1 Å². The molecule has 1 N–H and O–H groups in total. The van der Waals surface area contributed by atoms with Crippen LogP contribution in [0.1, 0.15) is 36.1 Å². The zero-order chi connectivity index (χ0) is 18.2. The molecular formula is C21H24N4OS. The van der Waals surface area contributed by atoms with E-state index < -0.39 is 0 Å². The van der Waals surface area contributed by atoms with Crippen LogP contribution in [-0.2, 0) is 12.8 Å². The van der Waals surface area contributed by atoms with Gasteiger partial charge in [-0.3, -0.25) is 4.98 Å². The van der Waals surface area contributed by atoms with Gasteiger partial charge in [0.05, 0.1) is 5.39 Å². The Morgan fingerprint density at radius 1 is 1.19 bits per heavy atom. The van der Waals surface area contributed by atoms with Crippen molar-refractivity contribution in [1.82, 2.24) is 15.0 Å². The Bertz CT molecular complexity index is 956. The van der Waals surface area contributed by atoms with Crippen LogP contribution in [0.5, 0.6) is 0 Å². The number of hydrogen-bond donors (Lipinski definition) is 1. The van der Waals surface area contributed by atoms with Crippen molar-refractivity contribution in [2.75, 3.05) is 24.6 Å². The van der Waals surface area contributed by atoms with Crippen molar-refractivity contribution in [3.63, 3.8) is 0 Å². The molecule has 0 bridgehead atoms. The fourth-order valence-electron chi connectivity index (χ4n) is 4.40. The van der Waals surface area contributed by atoms with Crippen molar-refractivity contribution in [2.24, 2.45) is 5.92 Å². The second-order valence-corrected chi connectivity index (χ2v) is 8.72. The Kier molecular flexibility index (Phi) is 4.53. The van der Waals surface area contributed by atoms with E-state index in [1.165, 1.54) is 28.7 Å². The maximum atomic E-state index is 9.69. The van der Waals surface area contributed by atoms with Crippen molar-refractivity contribution in [1.29, 1.82) is 0 Å². The lowest BCUT2D eigenvalue weighted by molar-refractivity contribution is 0.208. The molecule has 27 heavy (non-hydrogen) atoms. The predicted octanol–water partition coefficient (Wildman–Crippen LogP) is 3.84. The second-order valence-electron chi connectivity index (χ2n) is 7.64. The van der Waals surface area contributed by atoms with Crippen molar-refractivity contribution >= 4 is 27.4 Å². The Morgan fingerprint density at radius 3 is 2.96 bits per heavy atom. The smallest absolute Gasteiger partial charge is 0.164 e. The van der Waals surface area contributed by atoms with Gasteiger partial charge in [0.15, 0.2) is 5.82 Å². The van der Waals surface area contributed by atoms with Crippen LogP contribution in [0.2, 0.25) is 0 Å². The van der Waals surface area contributed by atoms with Gasteiger partial charge in [-0.15, -0.1) is 11.3 Å². The number of aliphatic hydroxyl groups is 1. The molecule has 5 rings (SSSR count). The second kappa shape index (κ2) is 7.17. The third kappa shape index (κ3) is 3.11. The molecule has 0 saturated carbocycles. The Morgan fingerprint density at radius 2 is 2.11 bits per heavy atom. The highest BCUT2D eigenvalue weighted by atomic mass is 32.1. The van der Waals surface area contributed by atoms with Crippen molar-refractivity contribution in [3.05, 3.63) is 35.0 Å². The Balaban J connectivity index is 1.69. The molecule has 1 fully saturated rings. The van der Waals surface area contributed by atoms with E-state index >= 15 is 0 Å². The first-order chi connectivity index (χ1) is 13.3. The molecule has 3 aromatic rings. The Labute approximate surface area is 163 Å². The summed E-state index contributed by atoms with van der Waals surface area (Å²) < 4.78 is 0. The van der Waals surface area contributed by atoms with Crippen molar-refractivity contribution in [2.45, 2.75) is 38.5 Å². The highest BCUT2D eigenvalue weighted by molar-refractivity contribution is 7.19. The average Bonchev–Trinajstić information content (AvgIpc) is 3.12. The lowest BCUT2D eigenvalue weighted by atomic mass is 9.95. The molecule has 3 aromatic heterocycles. The van der Waals surface area contributed by atoms with Gasteiger partial charge >= 0.3 is 0 Å². The number of rotatable bonds is 3. The lowest BCUT2D eigenvalue weighted by Gasteiger charge is -2.33. The molecule has 4 heterocycles. The molecule has 5 nitrogen and oxygen atoms in total. The lowest BCUT2D eigenvalue weighted by Crippen LogP contribution is -2.37. The number of nitrogens with zero attached hydrogens (tertiary/aromatic N) is 4. The minimum atomic E-state index is 0.252. The van der Waals surface area contributed by atoms with Crippen LogP contribution in [0.15, 0.2) is 24.5 Å². The van der Waals surface area contributed by atoms with Gasteiger partial charge in [-0.05, 0) is 62.1 Å². The molecule has 0 amide bonds. The normalized spacial score (nSPS) is 20.0. The van der Waals surface area contributed by atoms with E-state index in [2.05, 4.69) is 9.88 Å². The number of piperidine rings is 1. The number of anilines is 1. The summed E-state index contributed by atoms with van der Waals surface area (Å²) in [6, 6.07) is 3.96. The summed E-state index contributed by atoms with van der Waals surface area (Å²) in [5, 5.41) is 11.0. The number of thiophene rings is 1. The number of aryl methyl sites for hydroxylation is 2. The van der Waals surface area contributed by atoms with E-state index in [1.807, 2.05) is 29.7 Å². The summed E-state index contributed by atoms with van der Waals surface area (Å²) in [4.78, 5) is 19.2. The first kappa shape index (κ1) is 17.1. The molecule has 1 saturated heterocycles. The number of hydrogen-bond acceptors (Lipinski definition) is 6. The molecule has 1 aliphatic carbocycles. The molecule has 0 spiro atoms. The minimum Gasteiger partial charge on any atom is -0.396 e. The van der Waals surface area contributed by atoms with Crippen LogP contribution >= 0.6 is 11.3 Å². The van der Waals surface area contributed by atoms with Gasteiger partial charge in [0.1, 0.15) is 10.6 Å². The van der Waals surface area contributed by atoms with Gasteiger partial charge < -0.3 is 10.0 Å². The number of pyridine rings is 1. The van der Waals surface area contributed by atoms with Gasteiger partial charge in [-0.2, -0.15) is 0 Å². The molecule has 2 aliphatic rings. The fraction of sp³-hybridized carbons (Fsp3) is 0.476. The van der Waals surface area contributed by atoms with Gasteiger partial charge in [0.25, 0.3) is 0 Å². The Hall–Kier alpha value is -2.05. The van der Waals surface area contributed by atoms with Gasteiger partial charge in [0.2, 0.25) is 0 Å². The van der Waals surface area contributed by atoms with Crippen LogP contribution in [0.3, 0.4) is 0 Å². The van der Waals surface area contributed by atoms with E-state index in [9.17, 15) is 5.11 Å². The molecule has 1 atom stereocenters. The van der Waals surface area contributed by atoms with E-state index in [0.717, 1.165) is 60.8 Å². The summed E-state index contributed by atoms with van der Waals surface area (Å²) in [5.74, 6) is 2.16. The molecule has 1 aliphatic heterocycles. The highest BCUT2D eigenvalue weighted by Gasteiger charge is 2.27. The van der Waals surface area contributed by atoms with Gasteiger partial charge in [-0.25, -0.2) is 9.97 Å². The third-order valence-electron chi connectivity index (χ3n) is 5.79. The van der Waals surface area contributed by atoms with Crippen LogP contribution in [0.4, 0.5) is 5.82 Å². The van der Waals surface area contributed by atoms with Crippen molar-refractivity contribution < 1.29 is 5.11 Å². The molecule has 0 unspecified atom stereocenters. The molecule has 0 aromatic carbocycles. The average molecular weight is 381 g/mol. The first-order valence-electron chi connectivity index (χ1n) is 9.92. The maximum Gasteiger partial charge on any atom is 0.164 e. The van der Waals surface area contributed by atoms with E-state index in [4.69, 9.17) is 9.97 Å². The number of aliphatic hydroxyl groups excluding tert-OH is 1. The SMILES string of the molecule is OC[C@@H]1CCCN(c2nc(-c3cccnc3)nc3sc4c(c23)CCCC4)C1. The van der Waals surface area contributed by atoms with Crippen LogP contribution < -0.4 is 4.90 Å². The summed E-state index contributed by atoms with van der Waals surface area (Å²) >= 11 is 1.85. The third-order valence-corrected chi connectivity index (χ3v) is 6.98. The fourth-order valence-corrected chi connectivity index (χ4v) is 5.65. The zero-order valence-corrected chi connectivity index (χ0v) is 16.2. The maximum absolute atomic E-state index is 9.69. The van der Waals surface area contributed by atoms with Gasteiger partial charge in [-0.1, -0.05) is 0 Å². The quantitative estimate of drug-likeness (QED) is 0.748. The summed E-state index contributed by atoms with van der Waals surface area (Å²) in [6.07, 6.45) is 10.6. The van der Waals surface area contributed by atoms with E-state index in [-0.39, 0.29) is 6.61 Å². The number of fused-ring (bicyclic) bond motifs is 3. The molecule has 0 radical (unpaired) electrons. The van der Waals surface area contributed by atoms with Crippen LogP contribution in [0, 0.1) is 5.92 Å².